The number of aromatic nitrogens is 3. The molecule has 2 aromatic heterocycles. The van der Waals surface area contributed by atoms with E-state index in [4.69, 9.17) is 5.73 Å². The predicted molar refractivity (Wildman–Crippen MR) is 117 cm³/mol. The second kappa shape index (κ2) is 7.18. The van der Waals surface area contributed by atoms with Gasteiger partial charge in [-0.2, -0.15) is 0 Å². The first-order valence-corrected chi connectivity index (χ1v) is 10.5. The van der Waals surface area contributed by atoms with Crippen LogP contribution < -0.4 is 15.5 Å². The Balaban J connectivity index is 1.45. The van der Waals surface area contributed by atoms with Crippen LogP contribution in [0.1, 0.15) is 12.8 Å². The van der Waals surface area contributed by atoms with Crippen molar-refractivity contribution in [1.29, 1.82) is 0 Å². The highest BCUT2D eigenvalue weighted by molar-refractivity contribution is 9.10. The summed E-state index contributed by atoms with van der Waals surface area (Å²) < 4.78 is 0.853. The molecule has 0 saturated carbocycles. The Morgan fingerprint density at radius 1 is 1.03 bits per heavy atom. The Labute approximate surface area is 177 Å². The van der Waals surface area contributed by atoms with Crippen molar-refractivity contribution in [1.82, 2.24) is 15.2 Å². The fourth-order valence-corrected chi connectivity index (χ4v) is 4.89. The zero-order valence-corrected chi connectivity index (χ0v) is 17.3. The highest BCUT2D eigenvalue weighted by Crippen LogP contribution is 2.39. The topological polar surface area (TPSA) is 91.4 Å². The number of nitrogens with zero attached hydrogens (tertiary/aromatic N) is 5. The van der Waals surface area contributed by atoms with Crippen LogP contribution in [0.4, 0.5) is 17.2 Å². The van der Waals surface area contributed by atoms with Gasteiger partial charge in [0.1, 0.15) is 10.4 Å². The molecule has 5 rings (SSSR count). The summed E-state index contributed by atoms with van der Waals surface area (Å²) in [6.07, 6.45) is 4.13. The van der Waals surface area contributed by atoms with Gasteiger partial charge in [-0.25, -0.2) is 4.98 Å². The lowest BCUT2D eigenvalue weighted by Crippen LogP contribution is -2.54. The fraction of sp³-hybridized carbons (Fsp3) is 0.286. The maximum Gasteiger partial charge on any atom is 0.169 e. The van der Waals surface area contributed by atoms with Gasteiger partial charge in [-0.15, -0.1) is 10.2 Å². The van der Waals surface area contributed by atoms with Crippen molar-refractivity contribution in [2.75, 3.05) is 28.6 Å². The summed E-state index contributed by atoms with van der Waals surface area (Å²) in [6, 6.07) is 14.1. The van der Waals surface area contributed by atoms with E-state index in [-0.39, 0.29) is 5.75 Å². The van der Waals surface area contributed by atoms with E-state index in [9.17, 15) is 5.11 Å². The predicted octanol–water partition coefficient (Wildman–Crippen LogP) is 3.45. The zero-order valence-electron chi connectivity index (χ0n) is 15.7. The van der Waals surface area contributed by atoms with Crippen molar-refractivity contribution in [2.24, 2.45) is 0 Å². The SMILES string of the molecule is Nc1nnc(-c2ccccc2O)cc1N1CC2CCC(C1)N2c1ccnc(Br)c1. The summed E-state index contributed by atoms with van der Waals surface area (Å²) in [5.41, 5.74) is 9.57. The number of phenols is 1. The standard InChI is InChI=1S/C21H21BrN6O/c22-20-9-13(7-8-24-20)28-14-5-6-15(28)12-27(11-14)18-10-17(25-26-21(18)23)16-3-1-2-4-19(16)29/h1-4,7-10,14-15,29H,5-6,11-12H2,(H2,23,26). The largest absolute Gasteiger partial charge is 0.507 e. The molecule has 2 saturated heterocycles. The molecule has 0 radical (unpaired) electrons. The van der Waals surface area contributed by atoms with Crippen LogP contribution in [0.15, 0.2) is 53.3 Å². The molecular weight excluding hydrogens is 432 g/mol. The first kappa shape index (κ1) is 18.2. The molecule has 3 N–H and O–H groups in total. The van der Waals surface area contributed by atoms with E-state index in [0.717, 1.165) is 36.2 Å². The van der Waals surface area contributed by atoms with Crippen LogP contribution in [0.25, 0.3) is 11.3 Å². The maximum absolute atomic E-state index is 10.2. The molecule has 29 heavy (non-hydrogen) atoms. The Bertz CT molecular complexity index is 1050. The number of piperazine rings is 1. The number of pyridine rings is 1. The van der Waals surface area contributed by atoms with Crippen LogP contribution in [-0.2, 0) is 0 Å². The number of para-hydroxylation sites is 1. The van der Waals surface area contributed by atoms with E-state index >= 15 is 0 Å². The van der Waals surface area contributed by atoms with Gasteiger partial charge in [0.15, 0.2) is 5.82 Å². The van der Waals surface area contributed by atoms with Gasteiger partial charge in [0, 0.05) is 42.6 Å². The zero-order chi connectivity index (χ0) is 20.0. The van der Waals surface area contributed by atoms with Crippen LogP contribution in [0.2, 0.25) is 0 Å². The van der Waals surface area contributed by atoms with Gasteiger partial charge in [-0.05, 0) is 59.1 Å². The number of hydrogen-bond donors (Lipinski definition) is 2. The Morgan fingerprint density at radius 2 is 1.79 bits per heavy atom. The molecule has 148 valence electrons. The van der Waals surface area contributed by atoms with E-state index in [1.54, 1.807) is 12.1 Å². The lowest BCUT2D eigenvalue weighted by Gasteiger charge is -2.43. The Hall–Kier alpha value is -2.87. The number of phenolic OH excluding ortho intramolecular Hbond substituents is 1. The third kappa shape index (κ3) is 3.27. The summed E-state index contributed by atoms with van der Waals surface area (Å²) >= 11 is 3.48. The van der Waals surface area contributed by atoms with E-state index in [1.165, 1.54) is 5.69 Å². The molecule has 0 spiro atoms. The average molecular weight is 453 g/mol. The minimum atomic E-state index is 0.186. The lowest BCUT2D eigenvalue weighted by atomic mass is 10.1. The summed E-state index contributed by atoms with van der Waals surface area (Å²) in [4.78, 5) is 9.07. The highest BCUT2D eigenvalue weighted by Gasteiger charge is 2.40. The molecule has 3 aromatic rings. The summed E-state index contributed by atoms with van der Waals surface area (Å²) in [5.74, 6) is 0.606. The number of aromatic hydroxyl groups is 1. The summed E-state index contributed by atoms with van der Waals surface area (Å²) in [6.45, 7) is 1.74. The van der Waals surface area contributed by atoms with Crippen molar-refractivity contribution >= 4 is 33.1 Å². The molecule has 8 heteroatoms. The van der Waals surface area contributed by atoms with Gasteiger partial charge in [0.05, 0.1) is 11.4 Å². The molecule has 0 amide bonds. The first-order chi connectivity index (χ1) is 14.1. The number of rotatable bonds is 3. The van der Waals surface area contributed by atoms with Crippen molar-refractivity contribution in [3.63, 3.8) is 0 Å². The van der Waals surface area contributed by atoms with Crippen molar-refractivity contribution < 1.29 is 5.11 Å². The smallest absolute Gasteiger partial charge is 0.169 e. The van der Waals surface area contributed by atoms with Gasteiger partial charge in [0.25, 0.3) is 0 Å². The highest BCUT2D eigenvalue weighted by atomic mass is 79.9. The van der Waals surface area contributed by atoms with Crippen LogP contribution in [0, 0.1) is 0 Å². The normalized spacial score (nSPS) is 20.9. The quantitative estimate of drug-likeness (QED) is 0.587. The van der Waals surface area contributed by atoms with Gasteiger partial charge in [0.2, 0.25) is 0 Å². The molecule has 2 aliphatic rings. The van der Waals surface area contributed by atoms with E-state index in [0.29, 0.717) is 29.2 Å². The molecule has 2 unspecified atom stereocenters. The molecular formula is C21H21BrN6O. The second-order valence-corrected chi connectivity index (χ2v) is 8.36. The minimum Gasteiger partial charge on any atom is -0.507 e. The lowest BCUT2D eigenvalue weighted by molar-refractivity contribution is 0.477. The molecule has 2 atom stereocenters. The number of fused-ring (bicyclic) bond motifs is 2. The maximum atomic E-state index is 10.2. The van der Waals surface area contributed by atoms with Gasteiger partial charge in [-0.3, -0.25) is 0 Å². The summed E-state index contributed by atoms with van der Waals surface area (Å²) in [7, 11) is 0. The number of nitrogen functional groups attached to an aromatic ring is 1. The van der Waals surface area contributed by atoms with Gasteiger partial charge in [-0.1, -0.05) is 12.1 Å². The van der Waals surface area contributed by atoms with Crippen molar-refractivity contribution in [2.45, 2.75) is 24.9 Å². The molecule has 2 fully saturated rings. The van der Waals surface area contributed by atoms with Gasteiger partial charge < -0.3 is 20.6 Å². The Kier molecular flexibility index (Phi) is 4.50. The van der Waals surface area contributed by atoms with Crippen LogP contribution in [-0.4, -0.2) is 45.5 Å². The van der Waals surface area contributed by atoms with E-state index < -0.39 is 0 Å². The van der Waals surface area contributed by atoms with Crippen LogP contribution in [0.3, 0.4) is 0 Å². The van der Waals surface area contributed by atoms with Crippen LogP contribution in [0.5, 0.6) is 5.75 Å². The van der Waals surface area contributed by atoms with E-state index in [2.05, 4.69) is 53.0 Å². The number of anilines is 3. The van der Waals surface area contributed by atoms with Gasteiger partial charge >= 0.3 is 0 Å². The second-order valence-electron chi connectivity index (χ2n) is 7.55. The first-order valence-electron chi connectivity index (χ1n) is 9.66. The monoisotopic (exact) mass is 452 g/mol. The van der Waals surface area contributed by atoms with E-state index in [1.807, 2.05) is 24.4 Å². The molecule has 4 heterocycles. The average Bonchev–Trinajstić information content (AvgIpc) is 2.98. The fourth-order valence-electron chi connectivity index (χ4n) is 4.54. The third-order valence-electron chi connectivity index (χ3n) is 5.81. The minimum absolute atomic E-state index is 0.186. The molecule has 7 nitrogen and oxygen atoms in total. The number of hydrogen-bond acceptors (Lipinski definition) is 7. The van der Waals surface area contributed by atoms with Crippen LogP contribution >= 0.6 is 15.9 Å². The molecule has 0 aliphatic carbocycles. The van der Waals surface area contributed by atoms with Crippen molar-refractivity contribution in [3.8, 4) is 17.0 Å². The van der Waals surface area contributed by atoms with Crippen molar-refractivity contribution in [3.05, 3.63) is 53.3 Å². The third-order valence-corrected chi connectivity index (χ3v) is 6.25. The number of nitrogens with two attached hydrogens (primary N) is 1. The molecule has 1 aromatic carbocycles. The number of halogens is 1. The Morgan fingerprint density at radius 3 is 2.52 bits per heavy atom. The number of benzene rings is 1. The molecule has 2 aliphatic heterocycles. The molecule has 2 bridgehead atoms. The summed E-state index contributed by atoms with van der Waals surface area (Å²) in [5, 5.41) is 18.6.